The second kappa shape index (κ2) is 7.40. The Kier molecular flexibility index (Phi) is 5.04. The predicted octanol–water partition coefficient (Wildman–Crippen LogP) is 6.39. The molecule has 0 aliphatic heterocycles. The van der Waals surface area contributed by atoms with Crippen LogP contribution in [0.4, 0.5) is 11.4 Å². The summed E-state index contributed by atoms with van der Waals surface area (Å²) in [6, 6.07) is 26.1. The molecular formula is C24H25N. The normalized spacial score (nSPS) is 10.5. The Balaban J connectivity index is 1.71. The summed E-state index contributed by atoms with van der Waals surface area (Å²) < 4.78 is 0. The van der Waals surface area contributed by atoms with Crippen LogP contribution in [0.5, 0.6) is 0 Å². The molecule has 0 heterocycles. The lowest BCUT2D eigenvalue weighted by Gasteiger charge is -2.20. The molecule has 0 atom stereocenters. The van der Waals surface area contributed by atoms with Crippen molar-refractivity contribution in [1.29, 1.82) is 0 Å². The molecule has 3 aromatic carbocycles. The zero-order valence-corrected chi connectivity index (χ0v) is 15.3. The Labute approximate surface area is 151 Å². The van der Waals surface area contributed by atoms with E-state index in [0.29, 0.717) is 0 Å². The van der Waals surface area contributed by atoms with Crippen molar-refractivity contribution in [3.05, 3.63) is 102 Å². The van der Waals surface area contributed by atoms with Crippen molar-refractivity contribution in [2.75, 3.05) is 11.9 Å². The fourth-order valence-corrected chi connectivity index (χ4v) is 2.90. The second-order valence-corrected chi connectivity index (χ2v) is 6.72. The van der Waals surface area contributed by atoms with Crippen LogP contribution < -0.4 is 4.90 Å². The Hall–Kier alpha value is -2.80. The summed E-state index contributed by atoms with van der Waals surface area (Å²) in [5, 5.41) is 0. The lowest BCUT2D eigenvalue weighted by molar-refractivity contribution is 1.17. The number of hydrogen-bond donors (Lipinski definition) is 0. The molecule has 0 aliphatic rings. The second-order valence-electron chi connectivity index (χ2n) is 6.72. The van der Waals surface area contributed by atoms with E-state index in [4.69, 9.17) is 0 Å². The van der Waals surface area contributed by atoms with Gasteiger partial charge in [0.05, 0.1) is 0 Å². The first-order valence-electron chi connectivity index (χ1n) is 8.67. The summed E-state index contributed by atoms with van der Waals surface area (Å²) in [5.74, 6) is 0. The van der Waals surface area contributed by atoms with Gasteiger partial charge in [-0.15, -0.1) is 0 Å². The lowest BCUT2D eigenvalue weighted by atomic mass is 10.0. The third-order valence-corrected chi connectivity index (χ3v) is 4.60. The maximum Gasteiger partial charge on any atom is 0.0408 e. The third kappa shape index (κ3) is 4.19. The number of benzene rings is 3. The average Bonchev–Trinajstić information content (AvgIpc) is 2.63. The van der Waals surface area contributed by atoms with Crippen molar-refractivity contribution >= 4 is 16.9 Å². The van der Waals surface area contributed by atoms with Gasteiger partial charge in [0.1, 0.15) is 0 Å². The van der Waals surface area contributed by atoms with Crippen LogP contribution in [0.2, 0.25) is 0 Å². The van der Waals surface area contributed by atoms with Gasteiger partial charge in [0.25, 0.3) is 0 Å². The molecular weight excluding hydrogens is 302 g/mol. The summed E-state index contributed by atoms with van der Waals surface area (Å²) >= 11 is 0. The van der Waals surface area contributed by atoms with Gasteiger partial charge in [-0.2, -0.15) is 0 Å². The van der Waals surface area contributed by atoms with E-state index in [-0.39, 0.29) is 0 Å². The highest BCUT2D eigenvalue weighted by Crippen LogP contribution is 2.24. The average molecular weight is 327 g/mol. The van der Waals surface area contributed by atoms with Crippen molar-refractivity contribution in [2.45, 2.75) is 20.3 Å². The van der Waals surface area contributed by atoms with Gasteiger partial charge < -0.3 is 4.90 Å². The van der Waals surface area contributed by atoms with Crippen LogP contribution in [0.1, 0.15) is 29.2 Å². The molecule has 126 valence electrons. The Morgan fingerprint density at radius 3 is 1.68 bits per heavy atom. The zero-order valence-electron chi connectivity index (χ0n) is 15.3. The fraction of sp³-hybridized carbons (Fsp3) is 0.167. The largest absolute Gasteiger partial charge is 0.345 e. The Bertz CT molecular complexity index is 840. The van der Waals surface area contributed by atoms with Crippen molar-refractivity contribution in [3.8, 4) is 0 Å². The van der Waals surface area contributed by atoms with Crippen molar-refractivity contribution in [1.82, 2.24) is 0 Å². The molecule has 25 heavy (non-hydrogen) atoms. The van der Waals surface area contributed by atoms with Crippen LogP contribution in [-0.4, -0.2) is 7.05 Å². The van der Waals surface area contributed by atoms with E-state index in [1.807, 2.05) is 6.92 Å². The van der Waals surface area contributed by atoms with Crippen LogP contribution in [0.15, 0.2) is 79.4 Å². The van der Waals surface area contributed by atoms with Crippen LogP contribution in [0.3, 0.4) is 0 Å². The van der Waals surface area contributed by atoms with Gasteiger partial charge in [0, 0.05) is 18.4 Å². The number of aryl methyl sites for hydroxylation is 1. The summed E-state index contributed by atoms with van der Waals surface area (Å²) in [5.41, 5.74) is 8.65. The zero-order chi connectivity index (χ0) is 17.8. The van der Waals surface area contributed by atoms with Crippen LogP contribution in [0, 0.1) is 6.92 Å². The maximum absolute atomic E-state index is 3.99. The Morgan fingerprint density at radius 1 is 0.760 bits per heavy atom. The molecule has 0 aliphatic carbocycles. The first-order valence-corrected chi connectivity index (χ1v) is 8.67. The summed E-state index contributed by atoms with van der Waals surface area (Å²) in [6.07, 6.45) is 0.949. The van der Waals surface area contributed by atoms with E-state index in [2.05, 4.69) is 98.2 Å². The first-order chi connectivity index (χ1) is 12.0. The fourth-order valence-electron chi connectivity index (χ4n) is 2.90. The monoisotopic (exact) mass is 327 g/mol. The number of anilines is 2. The highest BCUT2D eigenvalue weighted by Gasteiger charge is 2.04. The Morgan fingerprint density at radius 2 is 1.20 bits per heavy atom. The smallest absolute Gasteiger partial charge is 0.0408 e. The van der Waals surface area contributed by atoms with Gasteiger partial charge in [-0.25, -0.2) is 0 Å². The summed E-state index contributed by atoms with van der Waals surface area (Å²) in [7, 11) is 2.11. The summed E-state index contributed by atoms with van der Waals surface area (Å²) in [6.45, 7) is 8.14. The quantitative estimate of drug-likeness (QED) is 0.525. The minimum Gasteiger partial charge on any atom is -0.345 e. The minimum absolute atomic E-state index is 0.949. The predicted molar refractivity (Wildman–Crippen MR) is 110 cm³/mol. The molecule has 0 aromatic heterocycles. The van der Waals surface area contributed by atoms with E-state index < -0.39 is 0 Å². The molecule has 0 N–H and O–H groups in total. The SMILES string of the molecule is C=C(C)c1ccc(Cc2ccc(N(C)c3ccc(C)cc3)cc2)cc1. The van der Waals surface area contributed by atoms with E-state index in [1.165, 1.54) is 33.6 Å². The molecule has 0 fully saturated rings. The number of rotatable bonds is 5. The van der Waals surface area contributed by atoms with Crippen LogP contribution in [-0.2, 0) is 6.42 Å². The molecule has 0 radical (unpaired) electrons. The molecule has 0 saturated carbocycles. The van der Waals surface area contributed by atoms with Gasteiger partial charge in [0.15, 0.2) is 0 Å². The van der Waals surface area contributed by atoms with Crippen LogP contribution in [0.25, 0.3) is 5.57 Å². The summed E-state index contributed by atoms with van der Waals surface area (Å²) in [4.78, 5) is 2.21. The molecule has 0 saturated heterocycles. The van der Waals surface area contributed by atoms with Gasteiger partial charge in [-0.05, 0) is 61.2 Å². The van der Waals surface area contributed by atoms with Crippen molar-refractivity contribution in [3.63, 3.8) is 0 Å². The molecule has 3 rings (SSSR count). The molecule has 3 aromatic rings. The lowest BCUT2D eigenvalue weighted by Crippen LogP contribution is -2.09. The molecule has 1 nitrogen and oxygen atoms in total. The number of hydrogen-bond acceptors (Lipinski definition) is 1. The number of nitrogens with zero attached hydrogens (tertiary/aromatic N) is 1. The van der Waals surface area contributed by atoms with Crippen molar-refractivity contribution < 1.29 is 0 Å². The number of allylic oxidation sites excluding steroid dienone is 1. The topological polar surface area (TPSA) is 3.24 Å². The molecule has 0 spiro atoms. The molecule has 0 bridgehead atoms. The highest BCUT2D eigenvalue weighted by atomic mass is 15.1. The van der Waals surface area contributed by atoms with E-state index in [9.17, 15) is 0 Å². The molecule has 0 unspecified atom stereocenters. The minimum atomic E-state index is 0.949. The van der Waals surface area contributed by atoms with E-state index >= 15 is 0 Å². The van der Waals surface area contributed by atoms with Crippen molar-refractivity contribution in [2.24, 2.45) is 0 Å². The van der Waals surface area contributed by atoms with Gasteiger partial charge in [-0.1, -0.05) is 66.2 Å². The highest BCUT2D eigenvalue weighted by molar-refractivity contribution is 5.63. The maximum atomic E-state index is 3.99. The van der Waals surface area contributed by atoms with Gasteiger partial charge in [0.2, 0.25) is 0 Å². The third-order valence-electron chi connectivity index (χ3n) is 4.60. The molecule has 0 amide bonds. The standard InChI is InChI=1S/C24H25N/c1-18(2)22-11-7-20(8-12-22)17-21-9-15-24(16-10-21)25(4)23-13-5-19(3)6-14-23/h5-16H,1,17H2,2-4H3. The first kappa shape index (κ1) is 17.0. The van der Waals surface area contributed by atoms with E-state index in [1.54, 1.807) is 0 Å². The van der Waals surface area contributed by atoms with Gasteiger partial charge in [-0.3, -0.25) is 0 Å². The molecule has 1 heteroatoms. The van der Waals surface area contributed by atoms with E-state index in [0.717, 1.165) is 12.0 Å². The van der Waals surface area contributed by atoms with Crippen LogP contribution >= 0.6 is 0 Å². The van der Waals surface area contributed by atoms with Gasteiger partial charge >= 0.3 is 0 Å².